The highest BCUT2D eigenvalue weighted by atomic mass is 19.3. The maximum absolute atomic E-state index is 13.7. The first-order valence-electron chi connectivity index (χ1n) is 8.34. The van der Waals surface area contributed by atoms with Crippen LogP contribution < -0.4 is 4.90 Å². The van der Waals surface area contributed by atoms with E-state index in [9.17, 15) is 13.9 Å². The number of aliphatic hydroxyl groups is 1. The van der Waals surface area contributed by atoms with Gasteiger partial charge in [0.1, 0.15) is 0 Å². The number of alkyl halides is 2. The molecule has 0 spiro atoms. The molecule has 0 amide bonds. The molecule has 136 valence electrons. The molecule has 2 saturated heterocycles. The average molecular weight is 345 g/mol. The summed E-state index contributed by atoms with van der Waals surface area (Å²) in [6.45, 7) is 6.64. The summed E-state index contributed by atoms with van der Waals surface area (Å²) in [5.74, 6) is -2.40. The van der Waals surface area contributed by atoms with Crippen molar-refractivity contribution in [2.24, 2.45) is 5.41 Å². The Labute approximate surface area is 140 Å². The van der Waals surface area contributed by atoms with Crippen molar-refractivity contribution >= 4 is 5.95 Å². The van der Waals surface area contributed by atoms with Gasteiger partial charge in [-0.25, -0.2) is 13.5 Å². The second kappa shape index (κ2) is 5.87. The smallest absolute Gasteiger partial charge is 0.267 e. The van der Waals surface area contributed by atoms with Crippen LogP contribution in [0.4, 0.5) is 14.7 Å². The monoisotopic (exact) mass is 345 g/mol. The van der Waals surface area contributed by atoms with Gasteiger partial charge < -0.3 is 14.7 Å². The van der Waals surface area contributed by atoms with E-state index < -0.39 is 16.9 Å². The van der Waals surface area contributed by atoms with E-state index in [0.717, 1.165) is 0 Å². The number of nitrogens with zero attached hydrogens (tertiary/aromatic N) is 5. The third kappa shape index (κ3) is 3.11. The number of ether oxygens (including phenoxy) is 1. The van der Waals surface area contributed by atoms with Crippen molar-refractivity contribution in [3.05, 3.63) is 0 Å². The predicted octanol–water partition coefficient (Wildman–Crippen LogP) is 1.47. The van der Waals surface area contributed by atoms with Crippen LogP contribution in [0.5, 0.6) is 0 Å². The number of hydrogen-bond donors (Lipinski definition) is 1. The van der Waals surface area contributed by atoms with Gasteiger partial charge in [0.2, 0.25) is 5.95 Å². The number of aromatic nitrogens is 4. The molecule has 0 bridgehead atoms. The molecule has 1 aromatic heterocycles. The maximum atomic E-state index is 13.7. The van der Waals surface area contributed by atoms with Crippen molar-refractivity contribution in [1.82, 2.24) is 20.2 Å². The first-order chi connectivity index (χ1) is 11.1. The summed E-state index contributed by atoms with van der Waals surface area (Å²) in [5, 5.41) is 22.6. The molecule has 2 fully saturated rings. The van der Waals surface area contributed by atoms with Crippen molar-refractivity contribution in [1.29, 1.82) is 0 Å². The van der Waals surface area contributed by atoms with Crippen molar-refractivity contribution < 1.29 is 18.6 Å². The SMILES string of the molecule is CC1CC(F)(F)CN1c1nnnn1CC(C)(C)C1(O)CCOCC1. The minimum absolute atomic E-state index is 0.204. The summed E-state index contributed by atoms with van der Waals surface area (Å²) < 4.78 is 34.2. The lowest BCUT2D eigenvalue weighted by Gasteiger charge is -2.45. The zero-order valence-corrected chi connectivity index (χ0v) is 14.4. The molecule has 1 N–H and O–H groups in total. The van der Waals surface area contributed by atoms with Crippen molar-refractivity contribution in [3.63, 3.8) is 0 Å². The van der Waals surface area contributed by atoms with Gasteiger partial charge in [-0.3, -0.25) is 0 Å². The van der Waals surface area contributed by atoms with Gasteiger partial charge >= 0.3 is 0 Å². The van der Waals surface area contributed by atoms with Crippen LogP contribution in [0.2, 0.25) is 0 Å². The van der Waals surface area contributed by atoms with E-state index in [-0.39, 0.29) is 19.0 Å². The molecule has 0 radical (unpaired) electrons. The van der Waals surface area contributed by atoms with E-state index in [4.69, 9.17) is 4.74 Å². The van der Waals surface area contributed by atoms with E-state index in [0.29, 0.717) is 38.5 Å². The summed E-state index contributed by atoms with van der Waals surface area (Å²) >= 11 is 0. The molecule has 3 rings (SSSR count). The molecule has 0 aliphatic carbocycles. The maximum Gasteiger partial charge on any atom is 0.267 e. The second-order valence-corrected chi connectivity index (χ2v) is 7.70. The van der Waals surface area contributed by atoms with Crippen LogP contribution >= 0.6 is 0 Å². The summed E-state index contributed by atoms with van der Waals surface area (Å²) in [6.07, 6.45) is 0.871. The lowest BCUT2D eigenvalue weighted by Crippen LogP contribution is -2.51. The standard InChI is InChI=1S/C15H25F2N5O2/c1-11-8-15(16,17)10-21(11)12-18-19-20-22(12)9-13(2,3)14(23)4-6-24-7-5-14/h11,23H,4-10H2,1-3H3. The van der Waals surface area contributed by atoms with Gasteiger partial charge in [-0.05, 0) is 17.4 Å². The molecular formula is C15H25F2N5O2. The normalized spacial score (nSPS) is 26.8. The fraction of sp³-hybridized carbons (Fsp3) is 0.933. The fourth-order valence-electron chi connectivity index (χ4n) is 3.70. The molecular weight excluding hydrogens is 320 g/mol. The van der Waals surface area contributed by atoms with Gasteiger partial charge in [-0.15, -0.1) is 0 Å². The Morgan fingerprint density at radius 3 is 2.58 bits per heavy atom. The molecule has 1 unspecified atom stereocenters. The highest BCUT2D eigenvalue weighted by Gasteiger charge is 2.47. The van der Waals surface area contributed by atoms with E-state index in [1.54, 1.807) is 11.8 Å². The third-order valence-corrected chi connectivity index (χ3v) is 5.42. The van der Waals surface area contributed by atoms with Crippen molar-refractivity contribution in [2.75, 3.05) is 24.7 Å². The second-order valence-electron chi connectivity index (χ2n) is 7.70. The largest absolute Gasteiger partial charge is 0.389 e. The fourth-order valence-corrected chi connectivity index (χ4v) is 3.70. The molecule has 0 aromatic carbocycles. The van der Waals surface area contributed by atoms with Crippen LogP contribution in [-0.4, -0.2) is 62.6 Å². The van der Waals surface area contributed by atoms with Crippen LogP contribution in [0.3, 0.4) is 0 Å². The quantitative estimate of drug-likeness (QED) is 0.891. The first kappa shape index (κ1) is 17.5. The van der Waals surface area contributed by atoms with Crippen LogP contribution in [-0.2, 0) is 11.3 Å². The molecule has 2 aliphatic heterocycles. The number of anilines is 1. The third-order valence-electron chi connectivity index (χ3n) is 5.42. The molecule has 1 atom stereocenters. The lowest BCUT2D eigenvalue weighted by molar-refractivity contribution is -0.138. The first-order valence-corrected chi connectivity index (χ1v) is 8.34. The Bertz CT molecular complexity index is 586. The molecule has 7 nitrogen and oxygen atoms in total. The number of halogens is 2. The van der Waals surface area contributed by atoms with Crippen molar-refractivity contribution in [2.45, 2.75) is 64.1 Å². The Morgan fingerprint density at radius 2 is 2.00 bits per heavy atom. The Morgan fingerprint density at radius 1 is 1.33 bits per heavy atom. The summed E-state index contributed by atoms with van der Waals surface area (Å²) in [6, 6.07) is -0.334. The summed E-state index contributed by atoms with van der Waals surface area (Å²) in [4.78, 5) is 1.55. The average Bonchev–Trinajstić information content (AvgIpc) is 3.02. The number of rotatable bonds is 4. The van der Waals surface area contributed by atoms with Crippen LogP contribution in [0, 0.1) is 5.41 Å². The zero-order valence-electron chi connectivity index (χ0n) is 14.4. The van der Waals surface area contributed by atoms with Crippen LogP contribution in [0.15, 0.2) is 0 Å². The van der Waals surface area contributed by atoms with Crippen molar-refractivity contribution in [3.8, 4) is 0 Å². The van der Waals surface area contributed by atoms with Gasteiger partial charge in [0.05, 0.1) is 18.7 Å². The predicted molar refractivity (Wildman–Crippen MR) is 83.0 cm³/mol. The number of hydrogen-bond acceptors (Lipinski definition) is 6. The van der Waals surface area contributed by atoms with Crippen LogP contribution in [0.25, 0.3) is 0 Å². The van der Waals surface area contributed by atoms with Gasteiger partial charge in [0.25, 0.3) is 5.92 Å². The summed E-state index contributed by atoms with van der Waals surface area (Å²) in [7, 11) is 0. The topological polar surface area (TPSA) is 76.3 Å². The Kier molecular flexibility index (Phi) is 4.28. The molecule has 3 heterocycles. The Balaban J connectivity index is 1.81. The van der Waals surface area contributed by atoms with Gasteiger partial charge in [0.15, 0.2) is 0 Å². The van der Waals surface area contributed by atoms with Crippen LogP contribution in [0.1, 0.15) is 40.0 Å². The van der Waals surface area contributed by atoms with E-state index in [1.165, 1.54) is 4.68 Å². The highest BCUT2D eigenvalue weighted by Crippen LogP contribution is 2.41. The van der Waals surface area contributed by atoms with E-state index >= 15 is 0 Å². The van der Waals surface area contributed by atoms with Gasteiger partial charge in [-0.1, -0.05) is 18.9 Å². The van der Waals surface area contributed by atoms with E-state index in [1.807, 2.05) is 13.8 Å². The molecule has 24 heavy (non-hydrogen) atoms. The highest BCUT2D eigenvalue weighted by molar-refractivity contribution is 5.34. The zero-order chi connectivity index (χ0) is 17.6. The van der Waals surface area contributed by atoms with Gasteiger partial charge in [-0.2, -0.15) is 0 Å². The molecule has 2 aliphatic rings. The molecule has 0 saturated carbocycles. The van der Waals surface area contributed by atoms with Gasteiger partial charge in [0, 0.05) is 43.9 Å². The molecule has 9 heteroatoms. The summed E-state index contributed by atoms with van der Waals surface area (Å²) in [5.41, 5.74) is -1.42. The van der Waals surface area contributed by atoms with E-state index in [2.05, 4.69) is 15.5 Å². The minimum atomic E-state index is -2.73. The molecule has 1 aromatic rings. The number of tetrazole rings is 1. The minimum Gasteiger partial charge on any atom is -0.389 e. The Hall–Kier alpha value is -1.35. The lowest BCUT2D eigenvalue weighted by atomic mass is 9.70.